The van der Waals surface area contributed by atoms with Gasteiger partial charge in [-0.2, -0.15) is 0 Å². The molecule has 0 unspecified atom stereocenters. The van der Waals surface area contributed by atoms with Gasteiger partial charge in [-0.05, 0) is 23.3 Å². The van der Waals surface area contributed by atoms with Crippen molar-refractivity contribution in [2.75, 3.05) is 0 Å². The molecule has 0 saturated heterocycles. The predicted molar refractivity (Wildman–Crippen MR) is 62.8 cm³/mol. The smallest absolute Gasteiger partial charge is 0.325 e. The van der Waals surface area contributed by atoms with Gasteiger partial charge < -0.3 is 5.11 Å². The maximum absolute atomic E-state index is 10.6. The molecule has 1 fully saturated rings. The third kappa shape index (κ3) is 3.69. The summed E-state index contributed by atoms with van der Waals surface area (Å²) < 4.78 is 1.36. The van der Waals surface area contributed by atoms with E-state index >= 15 is 0 Å². The first kappa shape index (κ1) is 12.3. The molecular formula is C10H16N4O2S. The average Bonchev–Trinajstić information content (AvgIpc) is 2.55. The molecule has 94 valence electrons. The number of rotatable bonds is 4. The van der Waals surface area contributed by atoms with Crippen LogP contribution in [-0.2, 0) is 11.3 Å². The molecule has 1 N–H and O–H groups in total. The van der Waals surface area contributed by atoms with Crippen LogP contribution in [0.25, 0.3) is 0 Å². The van der Waals surface area contributed by atoms with Crippen molar-refractivity contribution in [3.8, 4) is 0 Å². The van der Waals surface area contributed by atoms with Crippen LogP contribution in [0, 0.1) is 0 Å². The zero-order chi connectivity index (χ0) is 12.1. The predicted octanol–water partition coefficient (Wildman–Crippen LogP) is 1.57. The van der Waals surface area contributed by atoms with Gasteiger partial charge in [0.05, 0.1) is 0 Å². The number of tetrazole rings is 1. The molecule has 1 aromatic rings. The summed E-state index contributed by atoms with van der Waals surface area (Å²) in [6, 6.07) is 0. The van der Waals surface area contributed by atoms with Crippen molar-refractivity contribution in [2.45, 2.75) is 55.5 Å². The number of hydrogen-bond donors (Lipinski definition) is 1. The van der Waals surface area contributed by atoms with Crippen LogP contribution in [0.2, 0.25) is 0 Å². The first-order chi connectivity index (χ1) is 8.25. The molecule has 0 amide bonds. The van der Waals surface area contributed by atoms with Gasteiger partial charge in [-0.25, -0.2) is 4.68 Å². The monoisotopic (exact) mass is 256 g/mol. The van der Waals surface area contributed by atoms with Crippen LogP contribution in [0.5, 0.6) is 0 Å². The van der Waals surface area contributed by atoms with Gasteiger partial charge >= 0.3 is 5.97 Å². The molecular weight excluding hydrogens is 240 g/mol. The molecule has 1 saturated carbocycles. The van der Waals surface area contributed by atoms with E-state index < -0.39 is 5.97 Å². The fourth-order valence-electron chi connectivity index (χ4n) is 2.02. The largest absolute Gasteiger partial charge is 0.480 e. The third-order valence-electron chi connectivity index (χ3n) is 2.86. The Bertz CT molecular complexity index is 374. The Morgan fingerprint density at radius 3 is 2.71 bits per heavy atom. The Hall–Kier alpha value is -1.11. The van der Waals surface area contributed by atoms with Gasteiger partial charge in [0.1, 0.15) is 6.54 Å². The van der Waals surface area contributed by atoms with Gasteiger partial charge in [-0.15, -0.1) is 5.10 Å². The lowest BCUT2D eigenvalue weighted by Gasteiger charge is -2.11. The van der Waals surface area contributed by atoms with Crippen LogP contribution >= 0.6 is 11.8 Å². The quantitative estimate of drug-likeness (QED) is 0.824. The van der Waals surface area contributed by atoms with Crippen LogP contribution in [0.4, 0.5) is 0 Å². The summed E-state index contributed by atoms with van der Waals surface area (Å²) in [4.78, 5) is 10.6. The zero-order valence-electron chi connectivity index (χ0n) is 9.58. The number of carboxylic acids is 1. The normalized spacial score (nSPS) is 17.9. The van der Waals surface area contributed by atoms with Crippen molar-refractivity contribution < 1.29 is 9.90 Å². The molecule has 1 aromatic heterocycles. The summed E-state index contributed by atoms with van der Waals surface area (Å²) in [5, 5.41) is 21.0. The van der Waals surface area contributed by atoms with Crippen molar-refractivity contribution in [1.29, 1.82) is 0 Å². The summed E-state index contributed by atoms with van der Waals surface area (Å²) in [5.41, 5.74) is 0. The van der Waals surface area contributed by atoms with E-state index in [4.69, 9.17) is 5.11 Å². The van der Waals surface area contributed by atoms with Crippen LogP contribution in [-0.4, -0.2) is 36.5 Å². The van der Waals surface area contributed by atoms with E-state index in [-0.39, 0.29) is 6.54 Å². The van der Waals surface area contributed by atoms with Crippen molar-refractivity contribution in [2.24, 2.45) is 0 Å². The maximum atomic E-state index is 10.6. The summed E-state index contributed by atoms with van der Waals surface area (Å²) in [7, 11) is 0. The lowest BCUT2D eigenvalue weighted by atomic mass is 10.2. The summed E-state index contributed by atoms with van der Waals surface area (Å²) in [6.07, 6.45) is 7.44. The third-order valence-corrected chi connectivity index (χ3v) is 4.17. The fraction of sp³-hybridized carbons (Fsp3) is 0.800. The second-order valence-electron chi connectivity index (χ2n) is 4.24. The average molecular weight is 256 g/mol. The van der Waals surface area contributed by atoms with Gasteiger partial charge in [0.25, 0.3) is 0 Å². The second kappa shape index (κ2) is 6.00. The van der Waals surface area contributed by atoms with Gasteiger partial charge in [-0.3, -0.25) is 4.79 Å². The van der Waals surface area contributed by atoms with Crippen LogP contribution in [0.3, 0.4) is 0 Å². The molecule has 0 radical (unpaired) electrons. The molecule has 2 rings (SSSR count). The molecule has 1 aliphatic carbocycles. The minimum absolute atomic E-state index is 0.165. The topological polar surface area (TPSA) is 80.9 Å². The SMILES string of the molecule is O=C(O)Cn1nnnc1SC1CCCCCC1. The van der Waals surface area contributed by atoms with Crippen molar-refractivity contribution >= 4 is 17.7 Å². The molecule has 0 atom stereocenters. The van der Waals surface area contributed by atoms with Gasteiger partial charge in [0.15, 0.2) is 0 Å². The van der Waals surface area contributed by atoms with E-state index in [0.717, 1.165) is 0 Å². The van der Waals surface area contributed by atoms with E-state index in [1.165, 1.54) is 43.2 Å². The number of carboxylic acid groups (broad SMARTS) is 1. The molecule has 0 bridgehead atoms. The van der Waals surface area contributed by atoms with Crippen LogP contribution in [0.15, 0.2) is 5.16 Å². The molecule has 0 aliphatic heterocycles. The number of aromatic nitrogens is 4. The first-order valence-corrected chi connectivity index (χ1v) is 6.78. The Balaban J connectivity index is 1.97. The summed E-state index contributed by atoms with van der Waals surface area (Å²) in [5.74, 6) is -0.917. The summed E-state index contributed by atoms with van der Waals surface area (Å²) >= 11 is 1.62. The zero-order valence-corrected chi connectivity index (χ0v) is 10.4. The van der Waals surface area contributed by atoms with E-state index in [0.29, 0.717) is 10.4 Å². The molecule has 17 heavy (non-hydrogen) atoms. The number of nitrogens with zero attached hydrogens (tertiary/aromatic N) is 4. The minimum atomic E-state index is -0.917. The number of thioether (sulfide) groups is 1. The van der Waals surface area contributed by atoms with E-state index in [9.17, 15) is 4.79 Å². The first-order valence-electron chi connectivity index (χ1n) is 5.90. The highest BCUT2D eigenvalue weighted by Crippen LogP contribution is 2.31. The highest BCUT2D eigenvalue weighted by atomic mass is 32.2. The van der Waals surface area contributed by atoms with Crippen LogP contribution < -0.4 is 0 Å². The Kier molecular flexibility index (Phi) is 4.36. The molecule has 0 aromatic carbocycles. The van der Waals surface area contributed by atoms with Gasteiger partial charge in [0, 0.05) is 5.25 Å². The fourth-order valence-corrected chi connectivity index (χ4v) is 3.19. The number of carbonyl (C=O) groups is 1. The maximum Gasteiger partial charge on any atom is 0.325 e. The Morgan fingerprint density at radius 1 is 1.35 bits per heavy atom. The number of aliphatic carboxylic acids is 1. The van der Waals surface area contributed by atoms with Crippen molar-refractivity contribution in [3.05, 3.63) is 0 Å². The highest BCUT2D eigenvalue weighted by molar-refractivity contribution is 7.99. The minimum Gasteiger partial charge on any atom is -0.480 e. The molecule has 1 aliphatic rings. The molecule has 1 heterocycles. The molecule has 7 heteroatoms. The second-order valence-corrected chi connectivity index (χ2v) is 5.51. The Labute approximate surface area is 104 Å². The van der Waals surface area contributed by atoms with Gasteiger partial charge in [0.2, 0.25) is 5.16 Å². The molecule has 6 nitrogen and oxygen atoms in total. The summed E-state index contributed by atoms with van der Waals surface area (Å²) in [6.45, 7) is -0.165. The van der Waals surface area contributed by atoms with E-state index in [1.807, 2.05) is 0 Å². The Morgan fingerprint density at radius 2 is 2.06 bits per heavy atom. The standard InChI is InChI=1S/C10H16N4O2S/c15-9(16)7-14-10(11-12-13-14)17-8-5-3-1-2-4-6-8/h8H,1-7H2,(H,15,16). The van der Waals surface area contributed by atoms with Crippen molar-refractivity contribution in [3.63, 3.8) is 0 Å². The van der Waals surface area contributed by atoms with E-state index in [1.54, 1.807) is 11.8 Å². The lowest BCUT2D eigenvalue weighted by Crippen LogP contribution is -2.12. The molecule has 0 spiro atoms. The highest BCUT2D eigenvalue weighted by Gasteiger charge is 2.18. The number of hydrogen-bond acceptors (Lipinski definition) is 5. The van der Waals surface area contributed by atoms with Gasteiger partial charge in [-0.1, -0.05) is 37.4 Å². The van der Waals surface area contributed by atoms with Crippen molar-refractivity contribution in [1.82, 2.24) is 20.2 Å². The van der Waals surface area contributed by atoms with E-state index in [2.05, 4.69) is 15.5 Å². The lowest BCUT2D eigenvalue weighted by molar-refractivity contribution is -0.138. The van der Waals surface area contributed by atoms with Crippen LogP contribution in [0.1, 0.15) is 38.5 Å².